The molecule has 0 fully saturated rings. The predicted molar refractivity (Wildman–Crippen MR) is 147 cm³/mol. The van der Waals surface area contributed by atoms with Crippen LogP contribution in [0.5, 0.6) is 0 Å². The molecule has 1 amide bonds. The molecular formula is C26H36N8O4. The van der Waals surface area contributed by atoms with Crippen LogP contribution in [0.3, 0.4) is 0 Å². The first-order valence-corrected chi connectivity index (χ1v) is 12.5. The second kappa shape index (κ2) is 16.1. The van der Waals surface area contributed by atoms with Gasteiger partial charge in [-0.05, 0) is 30.7 Å². The average Bonchev–Trinajstić information content (AvgIpc) is 2.93. The van der Waals surface area contributed by atoms with E-state index >= 15 is 0 Å². The van der Waals surface area contributed by atoms with E-state index in [1.54, 1.807) is 18.2 Å². The molecule has 3 aromatic rings. The number of hydrogen-bond acceptors (Lipinski definition) is 11. The van der Waals surface area contributed by atoms with Gasteiger partial charge in [-0.15, -0.1) is 0 Å². The molecule has 0 radical (unpaired) electrons. The van der Waals surface area contributed by atoms with E-state index in [1.165, 1.54) is 5.56 Å². The van der Waals surface area contributed by atoms with Gasteiger partial charge in [0.2, 0.25) is 17.8 Å². The van der Waals surface area contributed by atoms with E-state index < -0.39 is 0 Å². The fourth-order valence-corrected chi connectivity index (χ4v) is 3.26. The number of ether oxygens (including phenoxy) is 2. The summed E-state index contributed by atoms with van der Waals surface area (Å²) in [6, 6.07) is 15.2. The van der Waals surface area contributed by atoms with Crippen LogP contribution in [0.2, 0.25) is 0 Å². The number of amides is 1. The van der Waals surface area contributed by atoms with Crippen molar-refractivity contribution in [1.29, 1.82) is 0 Å². The maximum absolute atomic E-state index is 12.6. The van der Waals surface area contributed by atoms with Crippen molar-refractivity contribution in [1.82, 2.24) is 20.3 Å². The number of hydrogen-bond donors (Lipinski definition) is 6. The molecule has 0 aliphatic heterocycles. The van der Waals surface area contributed by atoms with E-state index in [1.807, 2.05) is 37.3 Å². The molecule has 0 aliphatic rings. The Bertz CT molecular complexity index is 1130. The summed E-state index contributed by atoms with van der Waals surface area (Å²) in [4.78, 5) is 25.8. The number of aromatic nitrogens is 3. The summed E-state index contributed by atoms with van der Waals surface area (Å²) < 4.78 is 10.7. The van der Waals surface area contributed by atoms with Gasteiger partial charge in [-0.25, -0.2) is 0 Å². The number of nitrogens with one attached hydrogen (secondary N) is 4. The zero-order valence-corrected chi connectivity index (χ0v) is 21.6. The van der Waals surface area contributed by atoms with Crippen LogP contribution in [-0.2, 0) is 16.0 Å². The number of carbonyl (C=O) groups is 1. The molecule has 0 aliphatic carbocycles. The number of nitrogens with two attached hydrogens (primary N) is 1. The summed E-state index contributed by atoms with van der Waals surface area (Å²) in [7, 11) is 0. The molecule has 2 aromatic carbocycles. The Morgan fingerprint density at radius 1 is 0.895 bits per heavy atom. The SMILES string of the molecule is Cc1ccc(CNc2nc(NCCO)nc(Nc3cccc(C(=O)NCCOCCOCCN)c3)n2)cc1. The van der Waals surface area contributed by atoms with Crippen molar-refractivity contribution in [3.63, 3.8) is 0 Å². The smallest absolute Gasteiger partial charge is 0.251 e. The molecule has 0 atom stereocenters. The van der Waals surface area contributed by atoms with Crippen molar-refractivity contribution in [2.75, 3.05) is 68.6 Å². The molecule has 1 aromatic heterocycles. The zero-order valence-electron chi connectivity index (χ0n) is 21.6. The monoisotopic (exact) mass is 524 g/mol. The molecule has 38 heavy (non-hydrogen) atoms. The van der Waals surface area contributed by atoms with Crippen molar-refractivity contribution < 1.29 is 19.4 Å². The molecule has 0 spiro atoms. The van der Waals surface area contributed by atoms with Gasteiger partial charge in [0.1, 0.15) is 0 Å². The Labute approximate surface area is 222 Å². The van der Waals surface area contributed by atoms with Crippen LogP contribution in [0.1, 0.15) is 21.5 Å². The summed E-state index contributed by atoms with van der Waals surface area (Å²) in [5.41, 5.74) is 8.74. The van der Waals surface area contributed by atoms with Gasteiger partial charge >= 0.3 is 0 Å². The number of aliphatic hydroxyl groups excluding tert-OH is 1. The summed E-state index contributed by atoms with van der Waals surface area (Å²) in [5, 5.41) is 21.3. The van der Waals surface area contributed by atoms with Crippen molar-refractivity contribution in [2.45, 2.75) is 13.5 Å². The molecular weight excluding hydrogens is 488 g/mol. The van der Waals surface area contributed by atoms with Gasteiger partial charge in [-0.3, -0.25) is 4.79 Å². The van der Waals surface area contributed by atoms with Crippen molar-refractivity contribution in [2.24, 2.45) is 5.73 Å². The van der Waals surface area contributed by atoms with Gasteiger partial charge in [0.05, 0.1) is 33.0 Å². The minimum Gasteiger partial charge on any atom is -0.395 e. The average molecular weight is 525 g/mol. The summed E-state index contributed by atoms with van der Waals surface area (Å²) in [6.45, 7) is 5.44. The fourth-order valence-electron chi connectivity index (χ4n) is 3.26. The van der Waals surface area contributed by atoms with Gasteiger partial charge in [0.25, 0.3) is 5.91 Å². The Morgan fingerprint density at radius 3 is 2.34 bits per heavy atom. The van der Waals surface area contributed by atoms with Crippen LogP contribution < -0.4 is 27.0 Å². The maximum Gasteiger partial charge on any atom is 0.251 e. The number of rotatable bonds is 17. The Hall–Kier alpha value is -3.84. The third kappa shape index (κ3) is 10.3. The highest BCUT2D eigenvalue weighted by Gasteiger charge is 2.10. The number of aliphatic hydroxyl groups is 1. The molecule has 7 N–H and O–H groups in total. The number of benzene rings is 2. The molecule has 0 saturated carbocycles. The van der Waals surface area contributed by atoms with Crippen LogP contribution >= 0.6 is 0 Å². The third-order valence-electron chi connectivity index (χ3n) is 5.15. The number of aryl methyl sites for hydroxylation is 1. The van der Waals surface area contributed by atoms with Crippen LogP contribution in [0, 0.1) is 6.92 Å². The maximum atomic E-state index is 12.6. The molecule has 1 heterocycles. The highest BCUT2D eigenvalue weighted by atomic mass is 16.5. The fraction of sp³-hybridized carbons (Fsp3) is 0.385. The molecule has 204 valence electrons. The minimum atomic E-state index is -0.224. The Balaban J connectivity index is 1.58. The van der Waals surface area contributed by atoms with Crippen molar-refractivity contribution >= 4 is 29.4 Å². The lowest BCUT2D eigenvalue weighted by Crippen LogP contribution is -2.27. The van der Waals surface area contributed by atoms with Crippen molar-refractivity contribution in [3.05, 3.63) is 65.2 Å². The van der Waals surface area contributed by atoms with E-state index in [0.717, 1.165) is 5.56 Å². The quantitative estimate of drug-likeness (QED) is 0.142. The van der Waals surface area contributed by atoms with Crippen molar-refractivity contribution in [3.8, 4) is 0 Å². The van der Waals surface area contributed by atoms with Gasteiger partial charge in [-0.1, -0.05) is 35.9 Å². The van der Waals surface area contributed by atoms with E-state index in [2.05, 4.69) is 36.2 Å². The van der Waals surface area contributed by atoms with Crippen LogP contribution in [0.4, 0.5) is 23.5 Å². The van der Waals surface area contributed by atoms with Gasteiger partial charge in [0.15, 0.2) is 0 Å². The van der Waals surface area contributed by atoms with E-state index in [-0.39, 0.29) is 18.5 Å². The number of carbonyl (C=O) groups excluding carboxylic acids is 1. The van der Waals surface area contributed by atoms with Crippen LogP contribution in [-0.4, -0.2) is 78.6 Å². The minimum absolute atomic E-state index is 0.0646. The summed E-state index contributed by atoms with van der Waals surface area (Å²) in [5.74, 6) is 0.740. The highest BCUT2D eigenvalue weighted by molar-refractivity contribution is 5.95. The lowest BCUT2D eigenvalue weighted by molar-refractivity contribution is 0.0511. The molecule has 3 rings (SSSR count). The first-order chi connectivity index (χ1) is 18.6. The largest absolute Gasteiger partial charge is 0.395 e. The number of nitrogens with zero attached hydrogens (tertiary/aromatic N) is 3. The first kappa shape index (κ1) is 28.7. The third-order valence-corrected chi connectivity index (χ3v) is 5.15. The second-order valence-electron chi connectivity index (χ2n) is 8.27. The van der Waals surface area contributed by atoms with E-state index in [9.17, 15) is 9.90 Å². The topological polar surface area (TPSA) is 169 Å². The van der Waals surface area contributed by atoms with Gasteiger partial charge < -0.3 is 41.6 Å². The lowest BCUT2D eigenvalue weighted by atomic mass is 10.1. The zero-order chi connectivity index (χ0) is 27.0. The molecule has 0 unspecified atom stereocenters. The van der Waals surface area contributed by atoms with Gasteiger partial charge in [0, 0.05) is 37.4 Å². The molecule has 12 nitrogen and oxygen atoms in total. The summed E-state index contributed by atoms with van der Waals surface area (Å²) >= 11 is 0. The van der Waals surface area contributed by atoms with E-state index in [4.69, 9.17) is 15.2 Å². The Morgan fingerprint density at radius 2 is 1.61 bits per heavy atom. The number of anilines is 4. The van der Waals surface area contributed by atoms with Crippen LogP contribution in [0.25, 0.3) is 0 Å². The molecule has 0 saturated heterocycles. The van der Waals surface area contributed by atoms with E-state index in [0.29, 0.717) is 75.8 Å². The van der Waals surface area contributed by atoms with Crippen LogP contribution in [0.15, 0.2) is 48.5 Å². The molecule has 0 bridgehead atoms. The first-order valence-electron chi connectivity index (χ1n) is 12.5. The normalized spacial score (nSPS) is 10.7. The van der Waals surface area contributed by atoms with Gasteiger partial charge in [-0.2, -0.15) is 15.0 Å². The molecule has 12 heteroatoms. The standard InChI is InChI=1S/C26H36N8O4/c1-19-5-7-20(8-6-19)18-30-25-32-24(29-10-12-35)33-26(34-25)31-22-4-2-3-21(17-22)23(36)28-11-14-38-16-15-37-13-9-27/h2-8,17,35H,9-16,18,27H2,1H3,(H,28,36)(H3,29,30,31,32,33,34). The summed E-state index contributed by atoms with van der Waals surface area (Å²) in [6.07, 6.45) is 0. The lowest BCUT2D eigenvalue weighted by Gasteiger charge is -2.12. The predicted octanol–water partition coefficient (Wildman–Crippen LogP) is 1.66. The second-order valence-corrected chi connectivity index (χ2v) is 8.27. The highest BCUT2D eigenvalue weighted by Crippen LogP contribution is 2.18. The Kier molecular flexibility index (Phi) is 12.2.